The average molecular weight is 840 g/mol. The van der Waals surface area contributed by atoms with E-state index in [1.807, 2.05) is 0 Å². The van der Waals surface area contributed by atoms with Crippen LogP contribution in [0, 0.1) is 6.92 Å². The first kappa shape index (κ1) is 42.6. The van der Waals surface area contributed by atoms with Gasteiger partial charge in [-0.3, -0.25) is 24.0 Å². The zero-order valence-corrected chi connectivity index (χ0v) is 32.6. The minimum Gasteiger partial charge on any atom is -0.506 e. The molecule has 304 valence electrons. The molecule has 0 heterocycles. The van der Waals surface area contributed by atoms with Gasteiger partial charge in [0.25, 0.3) is 0 Å². The number of nitrogens with zero attached hydrogens (tertiary/aromatic N) is 2. The van der Waals surface area contributed by atoms with Gasteiger partial charge in [-0.1, -0.05) is 43.1 Å². The van der Waals surface area contributed by atoms with Gasteiger partial charge in [0.05, 0.1) is 27.0 Å². The molecule has 0 spiro atoms. The van der Waals surface area contributed by atoms with Crippen LogP contribution in [0.25, 0.3) is 5.57 Å². The second-order valence-electron chi connectivity index (χ2n) is 13.8. The molecule has 3 aromatic rings. The zero-order chi connectivity index (χ0) is 42.8. The average Bonchev–Trinajstić information content (AvgIpc) is 3.11. The van der Waals surface area contributed by atoms with Gasteiger partial charge in [-0.05, 0) is 88.9 Å². The number of benzene rings is 3. The maximum atomic E-state index is 13.1. The van der Waals surface area contributed by atoms with Gasteiger partial charge in [0.2, 0.25) is 0 Å². The predicted molar refractivity (Wildman–Crippen MR) is 210 cm³/mol. The Bertz CT molecular complexity index is 2330. The lowest BCUT2D eigenvalue weighted by Crippen LogP contribution is -2.35. The first-order valence-electron chi connectivity index (χ1n) is 17.3. The number of phenols is 1. The van der Waals surface area contributed by atoms with Crippen molar-refractivity contribution >= 4 is 75.8 Å². The molecule has 0 fully saturated rings. The lowest BCUT2D eigenvalue weighted by molar-refractivity contribution is -0.138. The zero-order valence-electron chi connectivity index (χ0n) is 31.0. The lowest BCUT2D eigenvalue weighted by atomic mass is 9.64. The summed E-state index contributed by atoms with van der Waals surface area (Å²) in [7, 11) is 0. The molecular weight excluding hydrogens is 803 g/mol. The summed E-state index contributed by atoms with van der Waals surface area (Å²) in [6.07, 6.45) is 2.69. The van der Waals surface area contributed by atoms with Gasteiger partial charge in [-0.2, -0.15) is 0 Å². The van der Waals surface area contributed by atoms with E-state index in [2.05, 4.69) is 0 Å². The van der Waals surface area contributed by atoms with Crippen LogP contribution >= 0.6 is 23.2 Å². The largest absolute Gasteiger partial charge is 0.506 e. The molecule has 0 aromatic heterocycles. The number of aryl methyl sites for hydroxylation is 1. The number of allylic oxidation sites excluding steroid dienone is 5. The highest BCUT2D eigenvalue weighted by Crippen LogP contribution is 2.53. The second kappa shape index (κ2) is 16.9. The summed E-state index contributed by atoms with van der Waals surface area (Å²) < 4.78 is 12.1. The molecule has 2 aliphatic carbocycles. The van der Waals surface area contributed by atoms with E-state index in [1.165, 1.54) is 36.4 Å². The van der Waals surface area contributed by atoms with Crippen LogP contribution in [0.1, 0.15) is 46.5 Å². The topological polar surface area (TPSA) is 249 Å². The number of anilines is 2. The number of carbonyl (C=O) groups is 6. The Morgan fingerprint density at radius 1 is 0.707 bits per heavy atom. The molecule has 18 heteroatoms. The maximum Gasteiger partial charge on any atom is 0.336 e. The van der Waals surface area contributed by atoms with Gasteiger partial charge in [-0.25, -0.2) is 4.79 Å². The Morgan fingerprint density at radius 3 is 1.78 bits per heavy atom. The van der Waals surface area contributed by atoms with Crippen LogP contribution in [0.3, 0.4) is 0 Å². The SMILES string of the molecule is Cc1ccc(N(CC(=O)O)CC(=O)O)c(OCCOc2cc(C3=C4C=C(Cl)C(=O)C=C4C(C)(C)c4cc(O)c(Cl)cc43)c(C(=O)O)cc2N(CC(=O)O)CC(=O)O)c1. The number of ketones is 1. The van der Waals surface area contributed by atoms with Crippen LogP contribution in [0.2, 0.25) is 5.02 Å². The molecule has 0 atom stereocenters. The van der Waals surface area contributed by atoms with E-state index >= 15 is 0 Å². The molecule has 5 rings (SSSR count). The predicted octanol–water partition coefficient (Wildman–Crippen LogP) is 5.19. The van der Waals surface area contributed by atoms with Gasteiger partial charge in [0, 0.05) is 11.0 Å². The first-order valence-corrected chi connectivity index (χ1v) is 18.0. The minimum atomic E-state index is -1.51. The molecule has 16 nitrogen and oxygen atoms in total. The summed E-state index contributed by atoms with van der Waals surface area (Å²) in [5.74, 6) is -7.87. The number of rotatable bonds is 17. The number of aliphatic carboxylic acids is 4. The van der Waals surface area contributed by atoms with Crippen molar-refractivity contribution in [1.29, 1.82) is 0 Å². The summed E-state index contributed by atoms with van der Waals surface area (Å²) in [5, 5.41) is 59.4. The number of ether oxygens (including phenoxy) is 2. The normalized spacial score (nSPS) is 14.1. The molecule has 6 N–H and O–H groups in total. The van der Waals surface area contributed by atoms with Crippen LogP contribution in [0.5, 0.6) is 17.2 Å². The summed E-state index contributed by atoms with van der Waals surface area (Å²) in [6.45, 7) is 1.56. The maximum absolute atomic E-state index is 13.1. The van der Waals surface area contributed by atoms with Crippen LogP contribution in [0.15, 0.2) is 70.8 Å². The molecule has 0 radical (unpaired) electrons. The van der Waals surface area contributed by atoms with Crippen molar-refractivity contribution in [3.8, 4) is 17.2 Å². The molecule has 0 saturated heterocycles. The number of carboxylic acid groups (broad SMARTS) is 5. The number of halogens is 2. The van der Waals surface area contributed by atoms with E-state index in [-0.39, 0.29) is 63.0 Å². The van der Waals surface area contributed by atoms with E-state index in [1.54, 1.807) is 32.9 Å². The van der Waals surface area contributed by atoms with Crippen LogP contribution in [-0.2, 0) is 29.4 Å². The van der Waals surface area contributed by atoms with Crippen molar-refractivity contribution in [1.82, 2.24) is 0 Å². The number of phenolic OH excluding ortho intramolecular Hbond substituents is 1. The van der Waals surface area contributed by atoms with Gasteiger partial charge >= 0.3 is 29.8 Å². The minimum absolute atomic E-state index is 0.0359. The third-order valence-corrected chi connectivity index (χ3v) is 9.94. The molecule has 0 bridgehead atoms. The monoisotopic (exact) mass is 838 g/mol. The van der Waals surface area contributed by atoms with Gasteiger partial charge in [-0.15, -0.1) is 0 Å². The van der Waals surface area contributed by atoms with Crippen molar-refractivity contribution in [2.45, 2.75) is 26.2 Å². The smallest absolute Gasteiger partial charge is 0.336 e. The van der Waals surface area contributed by atoms with E-state index in [4.69, 9.17) is 32.7 Å². The Kier molecular flexibility index (Phi) is 12.4. The molecule has 58 heavy (non-hydrogen) atoms. The third-order valence-electron chi connectivity index (χ3n) is 9.34. The number of hydrogen-bond donors (Lipinski definition) is 6. The van der Waals surface area contributed by atoms with E-state index in [0.29, 0.717) is 27.8 Å². The van der Waals surface area contributed by atoms with Gasteiger partial charge < -0.3 is 49.9 Å². The van der Waals surface area contributed by atoms with Gasteiger partial charge in [0.1, 0.15) is 56.6 Å². The first-order chi connectivity index (χ1) is 27.2. The van der Waals surface area contributed by atoms with Crippen LogP contribution in [0.4, 0.5) is 11.4 Å². The van der Waals surface area contributed by atoms with Crippen molar-refractivity contribution < 1.29 is 68.9 Å². The molecular formula is C40H36Cl2N2O14. The molecule has 0 unspecified atom stereocenters. The van der Waals surface area contributed by atoms with Crippen LogP contribution in [-0.4, -0.2) is 106 Å². The molecule has 2 aliphatic rings. The molecule has 0 aliphatic heterocycles. The number of aromatic hydroxyl groups is 1. The second-order valence-corrected chi connectivity index (χ2v) is 14.6. The van der Waals surface area contributed by atoms with Crippen molar-refractivity contribution in [3.63, 3.8) is 0 Å². The lowest BCUT2D eigenvalue weighted by Gasteiger charge is -2.39. The summed E-state index contributed by atoms with van der Waals surface area (Å²) in [6, 6.07) is 9.84. The standard InChI is InChI=1S/C40H36Cl2N2O14/c1-19-4-5-28(43(15-34(47)48)16-35(49)50)32(8-19)57-6-7-58-33-12-20(21(39(55)56)11-29(33)44(17-36(51)52)18-37(53)54)38-22-9-26(41)30(45)13-24(22)40(2,3)25-14-31(46)27(42)10-23(25)38/h4-5,8-14,45H,6-7,15-18H2,1-3H3,(H,47,48)(H,49,50)(H,51,52)(H,53,54)(H,55,56). The fraction of sp³-hybridized carbons (Fsp3) is 0.250. The highest BCUT2D eigenvalue weighted by molar-refractivity contribution is 6.45. The Labute approximate surface area is 340 Å². The Morgan fingerprint density at radius 2 is 1.24 bits per heavy atom. The van der Waals surface area contributed by atoms with Gasteiger partial charge in [0.15, 0.2) is 5.78 Å². The van der Waals surface area contributed by atoms with Crippen LogP contribution < -0.4 is 19.3 Å². The Hall–Kier alpha value is -6.52. The number of aromatic carboxylic acids is 1. The fourth-order valence-electron chi connectivity index (χ4n) is 6.87. The van der Waals surface area contributed by atoms with E-state index in [0.717, 1.165) is 15.9 Å². The summed E-state index contributed by atoms with van der Waals surface area (Å²) in [5.41, 5.74) is 0.947. The fourth-order valence-corrected chi connectivity index (χ4v) is 7.19. The van der Waals surface area contributed by atoms with E-state index < -0.39 is 72.8 Å². The van der Waals surface area contributed by atoms with Crippen molar-refractivity contribution in [2.24, 2.45) is 0 Å². The summed E-state index contributed by atoms with van der Waals surface area (Å²) in [4.78, 5) is 75.1. The number of carbonyl (C=O) groups excluding carboxylic acids is 1. The quantitative estimate of drug-likeness (QED) is 0.0958. The molecule has 0 saturated carbocycles. The summed E-state index contributed by atoms with van der Waals surface area (Å²) >= 11 is 12.8. The highest BCUT2D eigenvalue weighted by Gasteiger charge is 2.41. The third kappa shape index (κ3) is 9.03. The number of hydrogen-bond acceptors (Lipinski definition) is 11. The van der Waals surface area contributed by atoms with E-state index in [9.17, 15) is 59.4 Å². The highest BCUT2D eigenvalue weighted by atomic mass is 35.5. The Balaban J connectivity index is 1.69. The molecule has 3 aromatic carbocycles. The number of carboxylic acids is 5. The number of fused-ring (bicyclic) bond motifs is 2. The van der Waals surface area contributed by atoms with Crippen molar-refractivity contribution in [3.05, 3.63) is 104 Å². The van der Waals surface area contributed by atoms with Crippen molar-refractivity contribution in [2.75, 3.05) is 49.2 Å². The molecule has 0 amide bonds.